The summed E-state index contributed by atoms with van der Waals surface area (Å²) in [6, 6.07) is 16.5. The largest absolute Gasteiger partial charge is 0.480 e. The molecule has 0 saturated heterocycles. The quantitative estimate of drug-likeness (QED) is 0.464. The van der Waals surface area contributed by atoms with Gasteiger partial charge >= 0.3 is 18.2 Å². The van der Waals surface area contributed by atoms with Crippen LogP contribution in [0.25, 0.3) is 11.1 Å². The van der Waals surface area contributed by atoms with Gasteiger partial charge in [-0.15, -0.1) is 0 Å². The molecule has 0 fully saturated rings. The van der Waals surface area contributed by atoms with Crippen molar-refractivity contribution in [3.8, 4) is 11.1 Å². The molecular formula is C23H19F3N4O5. The Morgan fingerprint density at radius 3 is 2.23 bits per heavy atom. The number of carboxylic acids is 1. The fourth-order valence-electron chi connectivity index (χ4n) is 3.98. The van der Waals surface area contributed by atoms with E-state index in [-0.39, 0.29) is 23.2 Å². The number of fused-ring (bicyclic) bond motifs is 3. The molecule has 4 rings (SSSR count). The number of anilines is 1. The summed E-state index contributed by atoms with van der Waals surface area (Å²) in [5, 5.41) is 17.0. The Kier molecular flexibility index (Phi) is 6.45. The second-order valence-electron chi connectivity index (χ2n) is 7.79. The lowest BCUT2D eigenvalue weighted by Gasteiger charge is -2.21. The van der Waals surface area contributed by atoms with Crippen molar-refractivity contribution < 1.29 is 37.4 Å². The lowest BCUT2D eigenvalue weighted by molar-refractivity contribution is -0.149. The number of carbonyl (C=O) groups is 3. The molecule has 1 aromatic heterocycles. The van der Waals surface area contributed by atoms with Crippen molar-refractivity contribution in [3.05, 3.63) is 71.4 Å². The number of hydrogen-bond donors (Lipinski definition) is 3. The van der Waals surface area contributed by atoms with Crippen LogP contribution in [0.15, 0.2) is 54.6 Å². The number of H-pyrrole nitrogens is 1. The highest BCUT2D eigenvalue weighted by Crippen LogP contribution is 2.44. The van der Waals surface area contributed by atoms with Gasteiger partial charge < -0.3 is 14.7 Å². The molecule has 2 aromatic carbocycles. The van der Waals surface area contributed by atoms with Crippen molar-refractivity contribution >= 4 is 23.8 Å². The molecular weight excluding hydrogens is 469 g/mol. The summed E-state index contributed by atoms with van der Waals surface area (Å²) in [4.78, 5) is 35.6. The fraction of sp³-hybridized carbons (Fsp3) is 0.217. The summed E-state index contributed by atoms with van der Waals surface area (Å²) in [6.07, 6.45) is -5.68. The third kappa shape index (κ3) is 5.42. The van der Waals surface area contributed by atoms with E-state index in [1.54, 1.807) is 0 Å². The monoisotopic (exact) mass is 488 g/mol. The predicted octanol–water partition coefficient (Wildman–Crippen LogP) is 3.86. The van der Waals surface area contributed by atoms with Crippen molar-refractivity contribution in [1.82, 2.24) is 15.1 Å². The highest BCUT2D eigenvalue weighted by molar-refractivity contribution is 5.95. The van der Waals surface area contributed by atoms with Crippen LogP contribution in [0.1, 0.15) is 27.5 Å². The van der Waals surface area contributed by atoms with E-state index in [9.17, 15) is 27.6 Å². The molecule has 0 radical (unpaired) electrons. The first kappa shape index (κ1) is 23.8. The Labute approximate surface area is 196 Å². The number of halogens is 3. The van der Waals surface area contributed by atoms with Gasteiger partial charge in [-0.3, -0.25) is 20.0 Å². The summed E-state index contributed by atoms with van der Waals surface area (Å²) < 4.78 is 43.5. The van der Waals surface area contributed by atoms with Crippen LogP contribution >= 0.6 is 0 Å². The van der Waals surface area contributed by atoms with Crippen molar-refractivity contribution in [2.24, 2.45) is 0 Å². The van der Waals surface area contributed by atoms with E-state index in [2.05, 4.69) is 15.5 Å². The van der Waals surface area contributed by atoms with Gasteiger partial charge in [0, 0.05) is 12.0 Å². The van der Waals surface area contributed by atoms with Crippen molar-refractivity contribution in [2.45, 2.75) is 12.1 Å². The minimum atomic E-state index is -4.80. The molecule has 9 nitrogen and oxygen atoms in total. The summed E-state index contributed by atoms with van der Waals surface area (Å²) in [5.41, 5.74) is 3.70. The molecule has 182 valence electrons. The third-order valence-electron chi connectivity index (χ3n) is 5.37. The highest BCUT2D eigenvalue weighted by Gasteiger charge is 2.35. The minimum Gasteiger partial charge on any atom is -0.480 e. The summed E-state index contributed by atoms with van der Waals surface area (Å²) in [5.74, 6) is -3.21. The van der Waals surface area contributed by atoms with E-state index in [4.69, 9.17) is 9.84 Å². The van der Waals surface area contributed by atoms with Crippen LogP contribution in [0.3, 0.4) is 0 Å². The molecule has 0 bridgehead atoms. The Morgan fingerprint density at radius 2 is 1.66 bits per heavy atom. The van der Waals surface area contributed by atoms with Crippen LogP contribution in [-0.2, 0) is 9.53 Å². The number of aliphatic carboxylic acids is 1. The van der Waals surface area contributed by atoms with E-state index >= 15 is 0 Å². The Morgan fingerprint density at radius 1 is 1.06 bits per heavy atom. The van der Waals surface area contributed by atoms with Crippen LogP contribution in [-0.4, -0.2) is 64.0 Å². The number of ether oxygens (including phenoxy) is 1. The first-order chi connectivity index (χ1) is 16.6. The number of carbonyl (C=O) groups excluding carboxylic acids is 2. The van der Waals surface area contributed by atoms with Crippen molar-refractivity contribution in [3.63, 3.8) is 0 Å². The van der Waals surface area contributed by atoms with Crippen molar-refractivity contribution in [1.29, 1.82) is 0 Å². The lowest BCUT2D eigenvalue weighted by atomic mass is 9.98. The standard InChI is InChI=1S/C23H19F3N4O5/c24-23(25,26)12-30(10-20(31)32)21(33)18-9-19(29-28-18)27-22(34)35-11-17-15-7-3-1-5-13(15)14-6-2-4-8-16(14)17/h1-9,17H,10-12H2,(H,31,32)(H2,27,28,29,34). The van der Waals surface area contributed by atoms with E-state index in [1.165, 1.54) is 0 Å². The van der Waals surface area contributed by atoms with Crippen LogP contribution in [0, 0.1) is 0 Å². The van der Waals surface area contributed by atoms with Gasteiger partial charge in [0.15, 0.2) is 5.82 Å². The van der Waals surface area contributed by atoms with E-state index in [1.807, 2.05) is 48.5 Å². The zero-order valence-corrected chi connectivity index (χ0v) is 18.0. The summed E-state index contributed by atoms with van der Waals surface area (Å²) in [6.45, 7) is -2.90. The molecule has 0 aliphatic heterocycles. The zero-order chi connectivity index (χ0) is 25.2. The molecule has 1 aliphatic carbocycles. The van der Waals surface area contributed by atoms with Gasteiger partial charge in [0.1, 0.15) is 25.4 Å². The molecule has 1 aliphatic rings. The molecule has 12 heteroatoms. The van der Waals surface area contributed by atoms with Gasteiger partial charge in [0.05, 0.1) is 0 Å². The maximum Gasteiger partial charge on any atom is 0.412 e. The number of nitrogens with one attached hydrogen (secondary N) is 2. The summed E-state index contributed by atoms with van der Waals surface area (Å²) in [7, 11) is 0. The number of aromatic amines is 1. The van der Waals surface area contributed by atoms with E-state index < -0.39 is 42.9 Å². The second kappa shape index (κ2) is 9.49. The molecule has 3 aromatic rings. The molecule has 0 saturated carbocycles. The number of carboxylic acid groups (broad SMARTS) is 1. The number of aromatic nitrogens is 2. The smallest absolute Gasteiger partial charge is 0.412 e. The number of benzene rings is 2. The summed E-state index contributed by atoms with van der Waals surface area (Å²) >= 11 is 0. The predicted molar refractivity (Wildman–Crippen MR) is 117 cm³/mol. The third-order valence-corrected chi connectivity index (χ3v) is 5.37. The molecule has 35 heavy (non-hydrogen) atoms. The van der Waals surface area contributed by atoms with Crippen LogP contribution in [0.5, 0.6) is 0 Å². The van der Waals surface area contributed by atoms with Crippen LogP contribution in [0.4, 0.5) is 23.8 Å². The number of hydrogen-bond acceptors (Lipinski definition) is 5. The second-order valence-corrected chi connectivity index (χ2v) is 7.79. The maximum absolute atomic E-state index is 12.7. The Hall–Kier alpha value is -4.35. The van der Waals surface area contributed by atoms with Gasteiger partial charge in [-0.1, -0.05) is 48.5 Å². The van der Waals surface area contributed by atoms with E-state index in [0.717, 1.165) is 28.3 Å². The normalized spacial score (nSPS) is 12.5. The van der Waals surface area contributed by atoms with Gasteiger partial charge in [0.25, 0.3) is 5.91 Å². The maximum atomic E-state index is 12.7. The molecule has 1 heterocycles. The SMILES string of the molecule is O=C(O)CN(CC(F)(F)F)C(=O)c1cc(NC(=O)OCC2c3ccccc3-c3ccccc32)n[nH]1. The first-order valence-corrected chi connectivity index (χ1v) is 10.4. The molecule has 0 spiro atoms. The number of alkyl halides is 3. The average Bonchev–Trinajstić information content (AvgIpc) is 3.38. The first-order valence-electron chi connectivity index (χ1n) is 10.4. The molecule has 3 N–H and O–H groups in total. The Balaban J connectivity index is 1.40. The fourth-order valence-corrected chi connectivity index (χ4v) is 3.98. The molecule has 2 amide bonds. The average molecular weight is 488 g/mol. The van der Waals surface area contributed by atoms with Crippen LogP contribution in [0.2, 0.25) is 0 Å². The van der Waals surface area contributed by atoms with Gasteiger partial charge in [-0.05, 0) is 22.3 Å². The number of rotatable bonds is 7. The number of amides is 2. The zero-order valence-electron chi connectivity index (χ0n) is 18.0. The topological polar surface area (TPSA) is 125 Å². The van der Waals surface area contributed by atoms with Gasteiger partial charge in [-0.25, -0.2) is 4.79 Å². The Bertz CT molecular complexity index is 1230. The molecule has 0 atom stereocenters. The molecule has 0 unspecified atom stereocenters. The van der Waals surface area contributed by atoms with E-state index in [0.29, 0.717) is 0 Å². The van der Waals surface area contributed by atoms with Gasteiger partial charge in [-0.2, -0.15) is 18.3 Å². The highest BCUT2D eigenvalue weighted by atomic mass is 19.4. The van der Waals surface area contributed by atoms with Crippen molar-refractivity contribution in [2.75, 3.05) is 25.0 Å². The minimum absolute atomic E-state index is 0.0219. The number of nitrogens with zero attached hydrogens (tertiary/aromatic N) is 2. The lowest BCUT2D eigenvalue weighted by Crippen LogP contribution is -2.42. The van der Waals surface area contributed by atoms with Crippen LogP contribution < -0.4 is 5.32 Å². The van der Waals surface area contributed by atoms with Gasteiger partial charge in [0.2, 0.25) is 0 Å².